The van der Waals surface area contributed by atoms with E-state index in [1.807, 2.05) is 0 Å². The highest BCUT2D eigenvalue weighted by Gasteiger charge is 2.37. The van der Waals surface area contributed by atoms with Crippen LogP contribution in [0.2, 0.25) is 5.02 Å². The summed E-state index contributed by atoms with van der Waals surface area (Å²) in [6.07, 6.45) is -3.27. The summed E-state index contributed by atoms with van der Waals surface area (Å²) in [6.45, 7) is 0.0840. The van der Waals surface area contributed by atoms with Gasteiger partial charge in [-0.2, -0.15) is 23.4 Å². The van der Waals surface area contributed by atoms with Crippen LogP contribution in [0.4, 0.5) is 23.4 Å². The summed E-state index contributed by atoms with van der Waals surface area (Å²) in [4.78, 5) is 17.7. The number of alkyl halides is 3. The lowest BCUT2D eigenvalue weighted by Crippen LogP contribution is -2.16. The van der Waals surface area contributed by atoms with Gasteiger partial charge in [-0.15, -0.1) is 11.3 Å². The summed E-state index contributed by atoms with van der Waals surface area (Å²) in [6, 6.07) is 10.3. The van der Waals surface area contributed by atoms with Gasteiger partial charge in [0.2, 0.25) is 0 Å². The molecule has 5 aromatic rings. The lowest BCUT2D eigenvalue weighted by molar-refractivity contribution is -0.142. The maximum Gasteiger partial charge on any atom is 0.433 e. The van der Waals surface area contributed by atoms with Crippen molar-refractivity contribution < 1.29 is 22.4 Å². The molecule has 0 aliphatic heterocycles. The quantitative estimate of drug-likeness (QED) is 0.233. The van der Waals surface area contributed by atoms with Crippen molar-refractivity contribution in [2.45, 2.75) is 12.7 Å². The minimum atomic E-state index is -4.79. The van der Waals surface area contributed by atoms with Gasteiger partial charge in [0.05, 0.1) is 21.6 Å². The zero-order valence-corrected chi connectivity index (χ0v) is 20.9. The highest BCUT2D eigenvalue weighted by atomic mass is 79.9. The number of nitrogens with one attached hydrogen (secondary N) is 1. The largest absolute Gasteiger partial charge is 0.433 e. The lowest BCUT2D eigenvalue weighted by Gasteiger charge is -2.10. The first-order valence-corrected chi connectivity index (χ1v) is 12.1. The third-order valence-electron chi connectivity index (χ3n) is 5.05. The van der Waals surface area contributed by atoms with Crippen LogP contribution in [-0.4, -0.2) is 30.3 Å². The molecule has 4 heterocycles. The fourth-order valence-corrected chi connectivity index (χ4v) is 4.77. The van der Waals surface area contributed by atoms with E-state index in [9.17, 15) is 22.4 Å². The van der Waals surface area contributed by atoms with Gasteiger partial charge in [0, 0.05) is 11.8 Å². The number of nitrogens with zero attached hydrogens (tertiary/aromatic N) is 5. The van der Waals surface area contributed by atoms with Crippen LogP contribution in [0.5, 0.6) is 0 Å². The molecular formula is C22H12BrClF4N6OS. The first-order valence-electron chi connectivity index (χ1n) is 10.1. The summed E-state index contributed by atoms with van der Waals surface area (Å²) in [7, 11) is 0. The Labute approximate surface area is 217 Å². The molecule has 0 spiro atoms. The van der Waals surface area contributed by atoms with Gasteiger partial charge in [-0.1, -0.05) is 35.9 Å². The summed E-state index contributed by atoms with van der Waals surface area (Å²) in [5, 5.41) is 11.8. The average Bonchev–Trinajstić information content (AvgIpc) is 3.55. The molecule has 0 saturated carbocycles. The SMILES string of the molecule is O=C(Nc1nn(Cc2ccccc2F)cc1Br)c1nn2c(C(F)(F)F)cc(-c3cccs3)nc2c1Cl. The van der Waals surface area contributed by atoms with Crippen LogP contribution in [-0.2, 0) is 12.7 Å². The first kappa shape index (κ1) is 24.4. The van der Waals surface area contributed by atoms with Crippen molar-refractivity contribution in [3.05, 3.63) is 86.3 Å². The number of fused-ring (bicyclic) bond motifs is 1. The van der Waals surface area contributed by atoms with E-state index in [1.165, 1.54) is 28.3 Å². The lowest BCUT2D eigenvalue weighted by atomic mass is 10.2. The smallest absolute Gasteiger partial charge is 0.303 e. The molecule has 14 heteroatoms. The number of halogens is 6. The number of thiophene rings is 1. The van der Waals surface area contributed by atoms with Crippen LogP contribution in [0, 0.1) is 5.82 Å². The van der Waals surface area contributed by atoms with Gasteiger partial charge in [-0.25, -0.2) is 13.9 Å². The molecule has 5 rings (SSSR count). The molecule has 0 bridgehead atoms. The second-order valence-electron chi connectivity index (χ2n) is 7.47. The Morgan fingerprint density at radius 2 is 1.94 bits per heavy atom. The molecule has 0 aliphatic carbocycles. The van der Waals surface area contributed by atoms with Crippen molar-refractivity contribution in [2.24, 2.45) is 0 Å². The minimum Gasteiger partial charge on any atom is -0.303 e. The molecule has 0 aliphatic rings. The van der Waals surface area contributed by atoms with Gasteiger partial charge in [-0.05, 0) is 39.5 Å². The van der Waals surface area contributed by atoms with Gasteiger partial charge >= 0.3 is 6.18 Å². The van der Waals surface area contributed by atoms with Crippen molar-refractivity contribution in [1.82, 2.24) is 24.4 Å². The van der Waals surface area contributed by atoms with Crippen molar-refractivity contribution in [1.29, 1.82) is 0 Å². The molecule has 0 unspecified atom stereocenters. The number of carbonyl (C=O) groups is 1. The van der Waals surface area contributed by atoms with E-state index in [4.69, 9.17) is 11.6 Å². The van der Waals surface area contributed by atoms with Crippen molar-refractivity contribution in [3.63, 3.8) is 0 Å². The van der Waals surface area contributed by atoms with E-state index >= 15 is 0 Å². The van der Waals surface area contributed by atoms with E-state index in [2.05, 4.69) is 36.4 Å². The summed E-state index contributed by atoms with van der Waals surface area (Å²) in [5.74, 6) is -1.26. The number of amides is 1. The maximum absolute atomic E-state index is 14.0. The second-order valence-corrected chi connectivity index (χ2v) is 9.65. The number of carbonyl (C=O) groups excluding carboxylic acids is 1. The normalized spacial score (nSPS) is 11.8. The molecule has 184 valence electrons. The molecule has 0 fully saturated rings. The van der Waals surface area contributed by atoms with E-state index in [1.54, 1.807) is 35.7 Å². The Morgan fingerprint density at radius 1 is 1.17 bits per heavy atom. The standard InChI is InChI=1S/C22H12BrClF4N6OS/c23-12-10-33(9-11-4-1-2-5-13(11)25)32-19(12)30-21(35)18-17(24)20-29-14(15-6-3-7-36-15)8-16(22(26,27)28)34(20)31-18/h1-8,10H,9H2,(H,30,32,35). The number of rotatable bonds is 5. The fourth-order valence-electron chi connectivity index (χ4n) is 3.42. The Bertz CT molecular complexity index is 1600. The molecule has 36 heavy (non-hydrogen) atoms. The third kappa shape index (κ3) is 4.61. The Kier molecular flexibility index (Phi) is 6.30. The van der Waals surface area contributed by atoms with E-state index < -0.39 is 29.3 Å². The van der Waals surface area contributed by atoms with Crippen molar-refractivity contribution >= 4 is 56.2 Å². The minimum absolute atomic E-state index is 0.0488. The van der Waals surface area contributed by atoms with Crippen LogP contribution in [0.25, 0.3) is 16.2 Å². The summed E-state index contributed by atoms with van der Waals surface area (Å²) >= 11 is 10.8. The van der Waals surface area contributed by atoms with Gasteiger partial charge in [0.15, 0.2) is 22.9 Å². The summed E-state index contributed by atoms with van der Waals surface area (Å²) < 4.78 is 57.7. The Morgan fingerprint density at radius 3 is 2.64 bits per heavy atom. The molecule has 0 atom stereocenters. The number of hydrogen-bond acceptors (Lipinski definition) is 5. The van der Waals surface area contributed by atoms with Gasteiger partial charge in [0.1, 0.15) is 10.8 Å². The molecule has 1 aromatic carbocycles. The van der Waals surface area contributed by atoms with Crippen molar-refractivity contribution in [2.75, 3.05) is 5.32 Å². The highest BCUT2D eigenvalue weighted by Crippen LogP contribution is 2.35. The van der Waals surface area contributed by atoms with Crippen LogP contribution >= 0.6 is 38.9 Å². The molecule has 1 N–H and O–H groups in total. The highest BCUT2D eigenvalue weighted by molar-refractivity contribution is 9.10. The predicted molar refractivity (Wildman–Crippen MR) is 130 cm³/mol. The molecule has 4 aromatic heterocycles. The summed E-state index contributed by atoms with van der Waals surface area (Å²) in [5.41, 5.74) is -1.49. The number of anilines is 1. The fraction of sp³-hybridized carbons (Fsp3) is 0.0909. The number of hydrogen-bond donors (Lipinski definition) is 1. The van der Waals surface area contributed by atoms with Crippen LogP contribution in [0.3, 0.4) is 0 Å². The number of aromatic nitrogens is 5. The third-order valence-corrected chi connectivity index (χ3v) is 6.87. The first-order chi connectivity index (χ1) is 17.1. The van der Waals surface area contributed by atoms with Crippen LogP contribution < -0.4 is 5.32 Å². The van der Waals surface area contributed by atoms with Crippen molar-refractivity contribution in [3.8, 4) is 10.6 Å². The van der Waals surface area contributed by atoms with E-state index in [0.717, 1.165) is 6.07 Å². The zero-order valence-electron chi connectivity index (χ0n) is 17.7. The monoisotopic (exact) mass is 598 g/mol. The Balaban J connectivity index is 1.49. The molecule has 1 amide bonds. The zero-order chi connectivity index (χ0) is 25.6. The Hall–Kier alpha value is -3.29. The topological polar surface area (TPSA) is 77.1 Å². The molecule has 7 nitrogen and oxygen atoms in total. The number of benzene rings is 1. The van der Waals surface area contributed by atoms with E-state index in [0.29, 0.717) is 19.4 Å². The van der Waals surface area contributed by atoms with Crippen LogP contribution in [0.1, 0.15) is 21.7 Å². The van der Waals surface area contributed by atoms with Gasteiger partial charge < -0.3 is 5.32 Å². The predicted octanol–water partition coefficient (Wildman–Crippen LogP) is 6.53. The average molecular weight is 600 g/mol. The second kappa shape index (κ2) is 9.30. The van der Waals surface area contributed by atoms with Crippen LogP contribution in [0.15, 0.2) is 58.5 Å². The molecule has 0 radical (unpaired) electrons. The van der Waals surface area contributed by atoms with E-state index in [-0.39, 0.29) is 28.7 Å². The van der Waals surface area contributed by atoms with Gasteiger partial charge in [0.25, 0.3) is 5.91 Å². The van der Waals surface area contributed by atoms with Gasteiger partial charge in [-0.3, -0.25) is 9.48 Å². The maximum atomic E-state index is 14.0. The molecule has 0 saturated heterocycles. The molecular weight excluding hydrogens is 588 g/mol.